The zero-order valence-corrected chi connectivity index (χ0v) is 73.4. The molecule has 5 saturated heterocycles. The van der Waals surface area contributed by atoms with E-state index in [4.69, 9.17) is 50.7 Å². The number of halogens is 5. The Morgan fingerprint density at radius 1 is 0.389 bits per heavy atom. The van der Waals surface area contributed by atoms with E-state index in [9.17, 15) is 41.1 Å². The first kappa shape index (κ1) is 89.5. The number of anilines is 4. The number of nitrogens with one attached hydrogen (secondary N) is 1. The van der Waals surface area contributed by atoms with Crippen LogP contribution in [0.25, 0.3) is 98.6 Å². The molecule has 1 spiro atoms. The van der Waals surface area contributed by atoms with Gasteiger partial charge in [0.05, 0.1) is 68.8 Å². The van der Waals surface area contributed by atoms with Crippen LogP contribution in [-0.4, -0.2) is 128 Å². The lowest BCUT2D eigenvalue weighted by Crippen LogP contribution is -2.42. The van der Waals surface area contributed by atoms with Gasteiger partial charge in [0.1, 0.15) is 75.6 Å². The van der Waals surface area contributed by atoms with Crippen molar-refractivity contribution in [2.75, 3.05) is 99.3 Å². The summed E-state index contributed by atoms with van der Waals surface area (Å²) in [7, 11) is 4.77. The molecule has 10 heterocycles. The van der Waals surface area contributed by atoms with Gasteiger partial charge in [-0.3, -0.25) is 42.1 Å². The lowest BCUT2D eigenvalue weighted by Gasteiger charge is -2.39. The lowest BCUT2D eigenvalue weighted by molar-refractivity contribution is 0.247. The maximum atomic E-state index is 14.6. The largest absolute Gasteiger partial charge is 0.497 e. The molecular formula is C101H96F5N19O6. The highest BCUT2D eigenvalue weighted by molar-refractivity contribution is 5.81. The predicted octanol–water partition coefficient (Wildman–Crippen LogP) is 19.6. The molecule has 5 aromatic heterocycles. The molecule has 6 fully saturated rings. The first-order valence-corrected chi connectivity index (χ1v) is 43.9. The molecule has 13 aromatic rings. The van der Waals surface area contributed by atoms with E-state index in [0.29, 0.717) is 115 Å². The van der Waals surface area contributed by atoms with Crippen molar-refractivity contribution in [3.8, 4) is 79.8 Å². The molecule has 0 amide bonds. The molecule has 0 unspecified atom stereocenters. The Morgan fingerprint density at radius 3 is 1.08 bits per heavy atom. The zero-order chi connectivity index (χ0) is 91.9. The highest BCUT2D eigenvalue weighted by Crippen LogP contribution is 2.43. The predicted molar refractivity (Wildman–Crippen MR) is 498 cm³/mol. The minimum Gasteiger partial charge on any atom is -0.497 e. The van der Waals surface area contributed by atoms with Crippen molar-refractivity contribution >= 4 is 56.9 Å². The molecule has 1 N–H and O–H groups in total. The second kappa shape index (κ2) is 39.0. The first-order chi connectivity index (χ1) is 63.4. The minimum absolute atomic E-state index is 0.0425. The van der Waals surface area contributed by atoms with Crippen LogP contribution in [0.1, 0.15) is 103 Å². The highest BCUT2D eigenvalue weighted by atomic mass is 19.1. The summed E-state index contributed by atoms with van der Waals surface area (Å²) in [5.74, 6) is 3.54. The second-order valence-electron chi connectivity index (χ2n) is 34.4. The molecule has 6 aliphatic rings. The fourth-order valence-corrected chi connectivity index (χ4v) is 17.5. The van der Waals surface area contributed by atoms with Gasteiger partial charge in [0.25, 0.3) is 22.2 Å². The Balaban J connectivity index is 0.000000128. The molecular weight excluding hydrogens is 1670 g/mol. The number of methoxy groups -OCH3 is 2. The van der Waals surface area contributed by atoms with Gasteiger partial charge in [0, 0.05) is 130 Å². The van der Waals surface area contributed by atoms with Gasteiger partial charge in [-0.15, -0.1) is 0 Å². The van der Waals surface area contributed by atoms with Gasteiger partial charge in [-0.1, -0.05) is 81.4 Å². The average molecular weight is 1770 g/mol. The van der Waals surface area contributed by atoms with Crippen molar-refractivity contribution in [1.82, 2.24) is 53.3 Å². The van der Waals surface area contributed by atoms with Gasteiger partial charge in [0.2, 0.25) is 22.7 Å². The van der Waals surface area contributed by atoms with Gasteiger partial charge < -0.3 is 34.4 Å². The number of benzene rings is 8. The Hall–Kier alpha value is -14.9. The van der Waals surface area contributed by atoms with Crippen molar-refractivity contribution in [3.63, 3.8) is 0 Å². The third kappa shape index (κ3) is 19.7. The third-order valence-electron chi connectivity index (χ3n) is 25.5. The summed E-state index contributed by atoms with van der Waals surface area (Å²) >= 11 is 0. The number of ether oxygens (including phenoxy) is 2. The molecule has 1 saturated carbocycles. The number of nitrogens with zero attached hydrogens (tertiary/aromatic N) is 18. The van der Waals surface area contributed by atoms with Crippen LogP contribution in [0.3, 0.4) is 0 Å². The van der Waals surface area contributed by atoms with Crippen LogP contribution in [-0.2, 0) is 7.05 Å². The first-order valence-electron chi connectivity index (χ1n) is 43.9. The number of aryl methyl sites for hydroxylation is 1. The molecule has 25 nitrogen and oxygen atoms in total. The number of hydrogen-bond donors (Lipinski definition) is 1. The molecule has 131 heavy (non-hydrogen) atoms. The molecule has 30 heteroatoms. The second-order valence-corrected chi connectivity index (χ2v) is 34.4. The fourth-order valence-electron chi connectivity index (χ4n) is 17.5. The van der Waals surface area contributed by atoms with Crippen LogP contribution in [0.2, 0.25) is 0 Å². The van der Waals surface area contributed by atoms with E-state index in [1.165, 1.54) is 124 Å². The van der Waals surface area contributed by atoms with Gasteiger partial charge in [-0.05, 0) is 203 Å². The number of rotatable bonds is 15. The smallest absolute Gasteiger partial charge is 0.260 e. The minimum atomic E-state index is -0.712. The third-order valence-corrected chi connectivity index (χ3v) is 25.5. The monoisotopic (exact) mass is 1770 g/mol. The summed E-state index contributed by atoms with van der Waals surface area (Å²) in [6, 6.07) is 48.0. The molecule has 8 aromatic carbocycles. The summed E-state index contributed by atoms with van der Waals surface area (Å²) in [6.45, 7) is 43.7. The van der Waals surface area contributed by atoms with Gasteiger partial charge in [-0.25, -0.2) is 61.3 Å². The van der Waals surface area contributed by atoms with Crippen molar-refractivity contribution in [1.29, 1.82) is 0 Å². The molecule has 0 bridgehead atoms. The highest BCUT2D eigenvalue weighted by Gasteiger charge is 2.38. The van der Waals surface area contributed by atoms with Crippen LogP contribution in [0.15, 0.2) is 207 Å². The van der Waals surface area contributed by atoms with E-state index in [0.717, 1.165) is 128 Å². The van der Waals surface area contributed by atoms with E-state index in [2.05, 4.69) is 82.4 Å². The van der Waals surface area contributed by atoms with Gasteiger partial charge in [-0.2, -0.15) is 5.10 Å². The van der Waals surface area contributed by atoms with E-state index in [1.54, 1.807) is 77.0 Å². The van der Waals surface area contributed by atoms with E-state index in [1.807, 2.05) is 48.5 Å². The van der Waals surface area contributed by atoms with E-state index >= 15 is 0 Å². The summed E-state index contributed by atoms with van der Waals surface area (Å²) < 4.78 is 90.0. The summed E-state index contributed by atoms with van der Waals surface area (Å²) in [5, 5.41) is 8.77. The standard InChI is InChI=1S/C28H28FN5O.C25H23FN6O.C24H22F2N4O2.C24H23FN4O2/c1-30-24-9-6-21(16-23(24)29)27-32-25(33-14-11-28(12-15-33)10-13-31-18-28)17-26(35)34(27)22-7-4-20(5-8-22)19-2-3-19;1-16-8-10-31(11-9-16)23-14-24(33)32(19-5-7-21-18(12-19)15-30(3)29-21)25(28-23)17-4-6-22(27-2)20(26)13-17;1-15-8-10-29(11-9-15)22-14-23(31)30(17-5-7-21(32-3)19(26)13-17)24(28-22)16-4-6-20(27-2)18(25)12-16;1-16-10-12-28(13-11-16)22-15-23(30)29(18-5-7-19(31-3)8-6-18)24(27-22)17-4-9-21(26-2)20(25)14-17/h4-9,16-17,19,31H,2-3,10-15,18H2;4-7,12-16H,8-11H2,1,3H3;4-7,12-15H,8-11H2,1,3H3;4-9,14-16H,10-13H2,1,3H3. The van der Waals surface area contributed by atoms with Crippen LogP contribution < -0.4 is 56.6 Å². The lowest BCUT2D eigenvalue weighted by atomic mass is 9.78. The van der Waals surface area contributed by atoms with E-state index in [-0.39, 0.29) is 56.7 Å². The molecule has 0 radical (unpaired) electrons. The van der Waals surface area contributed by atoms with Gasteiger partial charge >= 0.3 is 0 Å². The Morgan fingerprint density at radius 2 is 0.740 bits per heavy atom. The number of aromatic nitrogens is 10. The molecule has 666 valence electrons. The van der Waals surface area contributed by atoms with Crippen molar-refractivity contribution < 1.29 is 31.4 Å². The van der Waals surface area contributed by atoms with Crippen molar-refractivity contribution in [3.05, 3.63) is 310 Å². The normalized spacial score (nSPS) is 15.7. The van der Waals surface area contributed by atoms with Crippen molar-refractivity contribution in [2.24, 2.45) is 30.2 Å². The number of piperidine rings is 4. The molecule has 1 aliphatic carbocycles. The summed E-state index contributed by atoms with van der Waals surface area (Å²) in [5.41, 5.74) is 4.89. The summed E-state index contributed by atoms with van der Waals surface area (Å²) in [6.07, 6.45) is 13.7. The Kier molecular flexibility index (Phi) is 26.6. The number of hydrogen-bond acceptors (Lipinski definition) is 16. The molecule has 5 aliphatic heterocycles. The topological polar surface area (TPSA) is 218 Å². The fraction of sp³-hybridized carbons (Fsp3) is 0.317. The van der Waals surface area contributed by atoms with Crippen LogP contribution in [0.5, 0.6) is 11.5 Å². The maximum absolute atomic E-state index is 14.6. The van der Waals surface area contributed by atoms with Crippen LogP contribution in [0, 0.1) is 78.5 Å². The maximum Gasteiger partial charge on any atom is 0.260 e. The average Bonchev–Trinajstić information content (AvgIpc) is 1.40. The molecule has 19 rings (SSSR count). The quantitative estimate of drug-likeness (QED) is 0.0745. The summed E-state index contributed by atoms with van der Waals surface area (Å²) in [4.78, 5) is 93.8. The Bertz CT molecular complexity index is 6900. The van der Waals surface area contributed by atoms with Gasteiger partial charge in [0.15, 0.2) is 11.6 Å². The number of fused-ring (bicyclic) bond motifs is 1. The SMILES string of the molecule is [C-]#[N+]c1ccc(-c2nc(N3CCC(C)CC3)cc(=O)n2-c2ccc(OC)c(F)c2)cc1F.[C-]#[N+]c1ccc(-c2nc(N3CCC(C)CC3)cc(=O)n2-c2ccc(OC)cc2)cc1F.[C-]#[N+]c1ccc(-c2nc(N3CCC(C)CC3)cc(=O)n2-c2ccc3nn(C)cc3c2)cc1F.[C-]#[N+]c1ccc(-c2nc(N3CCC4(CCNC4)CC3)cc(=O)n2-c2ccc(C3CC3)cc2)cc1F. The zero-order valence-electron chi connectivity index (χ0n) is 73.4. The van der Waals surface area contributed by atoms with Crippen LogP contribution in [0.4, 0.5) is 68.0 Å². The molecule has 0 atom stereocenters. The Labute approximate surface area is 754 Å². The van der Waals surface area contributed by atoms with Crippen LogP contribution >= 0.6 is 0 Å². The van der Waals surface area contributed by atoms with Crippen molar-refractivity contribution in [2.45, 2.75) is 97.3 Å². The van der Waals surface area contributed by atoms with E-state index < -0.39 is 34.6 Å².